The maximum atomic E-state index is 10.0. The third-order valence-electron chi connectivity index (χ3n) is 2.70. The van der Waals surface area contributed by atoms with Crippen molar-refractivity contribution in [2.45, 2.75) is 80.1 Å². The zero-order valence-corrected chi connectivity index (χ0v) is 20.4. The molecule has 27 heavy (non-hydrogen) atoms. The second-order valence-electron chi connectivity index (χ2n) is 8.36. The number of hydrogen-bond acceptors (Lipinski definition) is 2. The summed E-state index contributed by atoms with van der Waals surface area (Å²) in [6.07, 6.45) is 14.5. The summed E-state index contributed by atoms with van der Waals surface area (Å²) < 4.78 is 0. The van der Waals surface area contributed by atoms with E-state index < -0.39 is 11.9 Å². The van der Waals surface area contributed by atoms with Crippen molar-refractivity contribution < 1.29 is 39.3 Å². The van der Waals surface area contributed by atoms with Crippen molar-refractivity contribution in [1.82, 2.24) is 0 Å². The van der Waals surface area contributed by atoms with Gasteiger partial charge in [-0.2, -0.15) is 0 Å². The summed E-state index contributed by atoms with van der Waals surface area (Å²) >= 11 is 0. The van der Waals surface area contributed by atoms with Gasteiger partial charge in [0.2, 0.25) is 0 Å². The van der Waals surface area contributed by atoms with Gasteiger partial charge in [0.15, 0.2) is 0 Å². The van der Waals surface area contributed by atoms with Crippen molar-refractivity contribution in [1.29, 1.82) is 0 Å². The van der Waals surface area contributed by atoms with E-state index in [9.17, 15) is 9.59 Å². The molecule has 0 radical (unpaired) electrons. The van der Waals surface area contributed by atoms with Crippen LogP contribution >= 0.6 is 0 Å². The number of carbonyl (C=O) groups is 2. The Balaban J connectivity index is -0.0000000849. The van der Waals surface area contributed by atoms with Crippen LogP contribution < -0.4 is 0 Å². The van der Waals surface area contributed by atoms with E-state index in [4.69, 9.17) is 10.2 Å². The number of carboxylic acid groups (broad SMARTS) is 2. The molecule has 4 nitrogen and oxygen atoms in total. The first-order valence-corrected chi connectivity index (χ1v) is 8.57. The Kier molecular flexibility index (Phi) is 27.0. The third kappa shape index (κ3) is 45.8. The fourth-order valence-corrected chi connectivity index (χ4v) is 1.76. The van der Waals surface area contributed by atoms with E-state index in [1.807, 2.05) is 41.5 Å². The van der Waals surface area contributed by atoms with Crippen molar-refractivity contribution >= 4 is 11.9 Å². The predicted molar refractivity (Wildman–Crippen MR) is 113 cm³/mol. The normalized spacial score (nSPS) is 13.9. The molecular formula is C22H42O4Ru. The summed E-state index contributed by atoms with van der Waals surface area (Å²) in [5.41, 5.74) is -0.155. The first-order chi connectivity index (χ1) is 10.8. The van der Waals surface area contributed by atoms with Gasteiger partial charge in [-0.1, -0.05) is 65.8 Å². The number of carboxylic acids is 2. The van der Waals surface area contributed by atoms with Crippen LogP contribution in [0.15, 0.2) is 24.3 Å². The number of rotatable bonds is 2. The van der Waals surface area contributed by atoms with Crippen LogP contribution in [0.4, 0.5) is 0 Å². The molecule has 0 aromatic rings. The maximum absolute atomic E-state index is 10.0. The van der Waals surface area contributed by atoms with Crippen LogP contribution in [0.5, 0.6) is 0 Å². The standard InChI is InChI=1S/C8H12.2C6H12O2.2CH3.Ru/c1-2-4-6-8-7-5-3-1;2*1-6(2,3)4-5(7)8;;;/h1-2,7-8H,3-6H2;2*4H2,1-3H3,(H,7,8);2*1H3;/q;;;2*-1;+2/b2-1-,8-7?;;;;;. The largest absolute Gasteiger partial charge is 2.00 e. The van der Waals surface area contributed by atoms with E-state index >= 15 is 0 Å². The minimum atomic E-state index is -0.725. The molecule has 0 amide bonds. The topological polar surface area (TPSA) is 74.6 Å². The SMILES string of the molecule is C1=CCC/C=C\CC1.CC(C)(C)CC(=O)O.CC(C)(C)CC(=O)O.[CH3-].[CH3-].[Ru+2]. The van der Waals surface area contributed by atoms with Crippen LogP contribution in [0.2, 0.25) is 0 Å². The van der Waals surface area contributed by atoms with Crippen molar-refractivity contribution in [3.8, 4) is 0 Å². The van der Waals surface area contributed by atoms with E-state index in [2.05, 4.69) is 24.3 Å². The van der Waals surface area contributed by atoms with Gasteiger partial charge in [0, 0.05) is 0 Å². The van der Waals surface area contributed by atoms with Gasteiger partial charge in [0.25, 0.3) is 0 Å². The second-order valence-corrected chi connectivity index (χ2v) is 8.36. The summed E-state index contributed by atoms with van der Waals surface area (Å²) in [4.78, 5) is 20.0. The van der Waals surface area contributed by atoms with Gasteiger partial charge in [-0.05, 0) is 36.5 Å². The molecule has 0 heterocycles. The average Bonchev–Trinajstić information content (AvgIpc) is 2.21. The Hall–Kier alpha value is -0.957. The van der Waals surface area contributed by atoms with Crippen LogP contribution in [0.3, 0.4) is 0 Å². The smallest absolute Gasteiger partial charge is 0.481 e. The van der Waals surface area contributed by atoms with Crippen molar-refractivity contribution in [2.75, 3.05) is 0 Å². The minimum absolute atomic E-state index is 0. The van der Waals surface area contributed by atoms with Gasteiger partial charge >= 0.3 is 31.4 Å². The molecule has 162 valence electrons. The fraction of sp³-hybridized carbons (Fsp3) is 0.636. The molecule has 0 atom stereocenters. The zero-order chi connectivity index (χ0) is 19.2. The van der Waals surface area contributed by atoms with Crippen LogP contribution in [0.1, 0.15) is 80.1 Å². The van der Waals surface area contributed by atoms with E-state index in [1.54, 1.807) is 0 Å². The number of aliphatic carboxylic acids is 2. The monoisotopic (exact) mass is 472 g/mol. The van der Waals surface area contributed by atoms with Crippen LogP contribution in [0, 0.1) is 25.7 Å². The first kappa shape index (κ1) is 36.9. The Morgan fingerprint density at radius 1 is 0.667 bits per heavy atom. The molecule has 0 saturated carbocycles. The summed E-state index contributed by atoms with van der Waals surface area (Å²) in [6.45, 7) is 11.4. The van der Waals surface area contributed by atoms with Gasteiger partial charge in [-0.3, -0.25) is 9.59 Å². The summed E-state index contributed by atoms with van der Waals surface area (Å²) in [5.74, 6) is -1.45. The average molecular weight is 472 g/mol. The third-order valence-corrected chi connectivity index (χ3v) is 2.70. The molecular weight excluding hydrogens is 429 g/mol. The number of hydrogen-bond donors (Lipinski definition) is 2. The van der Waals surface area contributed by atoms with E-state index in [0.29, 0.717) is 0 Å². The fourth-order valence-electron chi connectivity index (χ4n) is 1.76. The molecule has 0 unspecified atom stereocenters. The molecule has 0 aromatic heterocycles. The van der Waals surface area contributed by atoms with Gasteiger partial charge in [0.05, 0.1) is 12.8 Å². The molecule has 2 N–H and O–H groups in total. The van der Waals surface area contributed by atoms with Gasteiger partial charge in [-0.15, -0.1) is 0 Å². The zero-order valence-electron chi connectivity index (χ0n) is 18.6. The second kappa shape index (κ2) is 19.8. The molecule has 1 rings (SSSR count). The van der Waals surface area contributed by atoms with Crippen molar-refractivity contribution in [3.63, 3.8) is 0 Å². The Morgan fingerprint density at radius 2 is 0.852 bits per heavy atom. The first-order valence-electron chi connectivity index (χ1n) is 8.57. The molecule has 0 bridgehead atoms. The molecule has 0 saturated heterocycles. The molecule has 0 spiro atoms. The molecule has 1 aliphatic rings. The molecule has 0 aromatic carbocycles. The number of allylic oxidation sites excluding steroid dienone is 4. The summed E-state index contributed by atoms with van der Waals surface area (Å²) in [7, 11) is 0. The van der Waals surface area contributed by atoms with Gasteiger partial charge in [0.1, 0.15) is 0 Å². The Labute approximate surface area is 181 Å². The van der Waals surface area contributed by atoms with Crippen LogP contribution in [0.25, 0.3) is 0 Å². The molecule has 0 fully saturated rings. The van der Waals surface area contributed by atoms with Crippen LogP contribution in [-0.4, -0.2) is 22.2 Å². The summed E-state index contributed by atoms with van der Waals surface area (Å²) in [6, 6.07) is 0. The minimum Gasteiger partial charge on any atom is -0.481 e. The molecule has 5 heteroatoms. The van der Waals surface area contributed by atoms with Gasteiger partial charge in [-0.25, -0.2) is 0 Å². The Bertz CT molecular complexity index is 361. The Morgan fingerprint density at radius 3 is 0.926 bits per heavy atom. The van der Waals surface area contributed by atoms with E-state index in [0.717, 1.165) is 0 Å². The predicted octanol–water partition coefficient (Wildman–Crippen LogP) is 6.59. The van der Waals surface area contributed by atoms with Crippen molar-refractivity contribution in [3.05, 3.63) is 39.2 Å². The van der Waals surface area contributed by atoms with Crippen LogP contribution in [-0.2, 0) is 29.1 Å². The maximum Gasteiger partial charge on any atom is 2.00 e. The molecule has 0 aliphatic heterocycles. The van der Waals surface area contributed by atoms with Crippen molar-refractivity contribution in [2.24, 2.45) is 10.8 Å². The quantitative estimate of drug-likeness (QED) is 0.271. The summed E-state index contributed by atoms with van der Waals surface area (Å²) in [5, 5.41) is 16.5. The van der Waals surface area contributed by atoms with E-state index in [-0.39, 0.29) is 58.0 Å². The molecule has 1 aliphatic carbocycles. The van der Waals surface area contributed by atoms with Gasteiger partial charge < -0.3 is 25.1 Å². The van der Waals surface area contributed by atoms with E-state index in [1.165, 1.54) is 25.7 Å².